The molecule has 0 aromatic carbocycles. The molecule has 0 amide bonds. The Morgan fingerprint density at radius 2 is 2.10 bits per heavy atom. The molecular formula is C21H26FN5O2S. The zero-order valence-electron chi connectivity index (χ0n) is 16.8. The van der Waals surface area contributed by atoms with E-state index in [1.54, 1.807) is 6.08 Å². The summed E-state index contributed by atoms with van der Waals surface area (Å²) in [4.78, 5) is 23.2. The number of hydrogen-bond donors (Lipinski definition) is 1. The normalized spacial score (nSPS) is 27.5. The highest BCUT2D eigenvalue weighted by Crippen LogP contribution is 2.42. The molecule has 2 fully saturated rings. The fourth-order valence-corrected chi connectivity index (χ4v) is 6.08. The smallest absolute Gasteiger partial charge is 0.227 e. The monoisotopic (exact) mass is 431 g/mol. The molecule has 4 aliphatic rings. The Morgan fingerprint density at radius 3 is 2.80 bits per heavy atom. The lowest BCUT2D eigenvalue weighted by molar-refractivity contribution is 0.301. The van der Waals surface area contributed by atoms with Crippen molar-refractivity contribution in [2.45, 2.75) is 49.0 Å². The molecule has 2 unspecified atom stereocenters. The van der Waals surface area contributed by atoms with Gasteiger partial charge in [-0.3, -0.25) is 4.21 Å². The van der Waals surface area contributed by atoms with Gasteiger partial charge in [-0.05, 0) is 43.6 Å². The van der Waals surface area contributed by atoms with Gasteiger partial charge < -0.3 is 10.2 Å². The summed E-state index contributed by atoms with van der Waals surface area (Å²) in [6.07, 6.45) is 10.4. The molecular weight excluding hydrogens is 405 g/mol. The highest BCUT2D eigenvalue weighted by molar-refractivity contribution is 7.85. The summed E-state index contributed by atoms with van der Waals surface area (Å²) >= 11 is 0. The van der Waals surface area contributed by atoms with Gasteiger partial charge in [0.25, 0.3) is 0 Å². The maximum atomic E-state index is 13.7. The van der Waals surface area contributed by atoms with Crippen molar-refractivity contribution in [1.82, 2.24) is 9.97 Å². The van der Waals surface area contributed by atoms with Crippen molar-refractivity contribution in [3.05, 3.63) is 34.7 Å². The molecule has 0 bridgehead atoms. The van der Waals surface area contributed by atoms with Gasteiger partial charge in [0.05, 0.1) is 22.0 Å². The van der Waals surface area contributed by atoms with E-state index in [0.29, 0.717) is 41.2 Å². The van der Waals surface area contributed by atoms with Crippen LogP contribution in [0.1, 0.15) is 37.8 Å². The third-order valence-electron chi connectivity index (χ3n) is 6.77. The van der Waals surface area contributed by atoms with Crippen LogP contribution in [0.3, 0.4) is 0 Å². The van der Waals surface area contributed by atoms with Crippen LogP contribution in [0.15, 0.2) is 34.1 Å². The molecule has 9 heteroatoms. The number of anilines is 2. The van der Waals surface area contributed by atoms with Crippen molar-refractivity contribution in [3.63, 3.8) is 0 Å². The highest BCUT2D eigenvalue weighted by atomic mass is 32.2. The van der Waals surface area contributed by atoms with E-state index in [1.165, 1.54) is 0 Å². The largest absolute Gasteiger partial charge is 0.361 e. The topological polar surface area (TPSA) is 87.6 Å². The van der Waals surface area contributed by atoms with E-state index in [1.807, 2.05) is 6.08 Å². The first kappa shape index (κ1) is 19.8. The maximum Gasteiger partial charge on any atom is 0.227 e. The third-order valence-corrected chi connectivity index (χ3v) is 8.23. The molecule has 1 saturated heterocycles. The molecule has 7 nitrogen and oxygen atoms in total. The van der Waals surface area contributed by atoms with Gasteiger partial charge in [0.15, 0.2) is 0 Å². The second kappa shape index (κ2) is 7.83. The Kier molecular flexibility index (Phi) is 5.16. The van der Waals surface area contributed by atoms with Crippen LogP contribution in [0.2, 0.25) is 0 Å². The molecule has 160 valence electrons. The molecule has 5 rings (SSSR count). The minimum absolute atomic E-state index is 0.0329. The van der Waals surface area contributed by atoms with Gasteiger partial charge in [-0.1, -0.05) is 17.3 Å². The minimum Gasteiger partial charge on any atom is -0.361 e. The molecule has 2 aliphatic heterocycles. The predicted octanol–water partition coefficient (Wildman–Crippen LogP) is 3.50. The summed E-state index contributed by atoms with van der Waals surface area (Å²) in [5.41, 5.74) is 0.506. The first-order valence-electron chi connectivity index (χ1n) is 10.7. The van der Waals surface area contributed by atoms with Gasteiger partial charge >= 0.3 is 0 Å². The van der Waals surface area contributed by atoms with Crippen LogP contribution in [-0.2, 0) is 17.2 Å². The van der Waals surface area contributed by atoms with Gasteiger partial charge in [0.2, 0.25) is 5.95 Å². The summed E-state index contributed by atoms with van der Waals surface area (Å²) in [6, 6.07) is 0. The molecule has 1 aromatic heterocycles. The zero-order chi connectivity index (χ0) is 20.7. The van der Waals surface area contributed by atoms with Crippen LogP contribution in [0.4, 0.5) is 16.2 Å². The predicted molar refractivity (Wildman–Crippen MR) is 115 cm³/mol. The lowest BCUT2D eigenvalue weighted by Crippen LogP contribution is -2.37. The summed E-state index contributed by atoms with van der Waals surface area (Å²) in [7, 11) is -1.11. The number of fused-ring (bicyclic) bond motifs is 1. The molecule has 1 saturated carbocycles. The van der Waals surface area contributed by atoms with E-state index < -0.39 is 10.8 Å². The molecule has 2 atom stereocenters. The maximum absolute atomic E-state index is 13.7. The molecule has 3 heterocycles. The standard InChI is InChI=1S/C21H26FN5O2S/c22-16-3-1-2-15(12-16)14-4-9-27(10-5-14)20-24-17-6-11-30(29)18(17)19(25-20)26-21(7-8-21)13-23-28/h1-3,14-15H,4-13H2,(H,24,25,26). The van der Waals surface area contributed by atoms with E-state index in [0.717, 1.165) is 44.5 Å². The van der Waals surface area contributed by atoms with Crippen LogP contribution < -0.4 is 10.2 Å². The summed E-state index contributed by atoms with van der Waals surface area (Å²) in [6.45, 7) is 1.84. The molecule has 0 spiro atoms. The Labute approximate surface area is 177 Å². The quantitative estimate of drug-likeness (QED) is 0.694. The second-order valence-electron chi connectivity index (χ2n) is 8.83. The van der Waals surface area contributed by atoms with E-state index in [2.05, 4.69) is 21.5 Å². The first-order chi connectivity index (χ1) is 14.6. The van der Waals surface area contributed by atoms with Crippen LogP contribution in [-0.4, -0.2) is 45.1 Å². The van der Waals surface area contributed by atoms with E-state index in [-0.39, 0.29) is 23.8 Å². The summed E-state index contributed by atoms with van der Waals surface area (Å²) < 4.78 is 26.2. The fraction of sp³-hybridized carbons (Fsp3) is 0.619. The first-order valence-corrected chi connectivity index (χ1v) is 12.0. The number of allylic oxidation sites excluding steroid dienone is 4. The van der Waals surface area contributed by atoms with Gasteiger partial charge in [-0.2, -0.15) is 9.89 Å². The number of nitroso groups, excluding NO2 is 1. The van der Waals surface area contributed by atoms with Gasteiger partial charge in [-0.25, -0.2) is 9.37 Å². The zero-order valence-corrected chi connectivity index (χ0v) is 17.7. The van der Waals surface area contributed by atoms with E-state index in [9.17, 15) is 13.5 Å². The van der Waals surface area contributed by atoms with Crippen LogP contribution in [0.5, 0.6) is 0 Å². The number of hydrogen-bond acceptors (Lipinski definition) is 7. The molecule has 1 aromatic rings. The lowest BCUT2D eigenvalue weighted by atomic mass is 9.80. The third kappa shape index (κ3) is 3.79. The lowest BCUT2D eigenvalue weighted by Gasteiger charge is -2.36. The Hall–Kier alpha value is -2.16. The fourth-order valence-electron chi connectivity index (χ4n) is 4.77. The Morgan fingerprint density at radius 1 is 1.30 bits per heavy atom. The van der Waals surface area contributed by atoms with Crippen molar-refractivity contribution in [2.75, 3.05) is 35.6 Å². The number of rotatable bonds is 6. The average Bonchev–Trinajstić information content (AvgIpc) is 3.40. The highest BCUT2D eigenvalue weighted by Gasteiger charge is 2.45. The number of halogens is 1. The van der Waals surface area contributed by atoms with Crippen LogP contribution in [0.25, 0.3) is 0 Å². The summed E-state index contributed by atoms with van der Waals surface area (Å²) in [5, 5.41) is 6.45. The van der Waals surface area contributed by atoms with Crippen molar-refractivity contribution >= 4 is 22.6 Å². The molecule has 1 N–H and O–H groups in total. The number of nitrogens with zero attached hydrogens (tertiary/aromatic N) is 4. The van der Waals surface area contributed by atoms with Crippen molar-refractivity contribution in [3.8, 4) is 0 Å². The Balaban J connectivity index is 1.34. The number of aromatic nitrogens is 2. The number of aryl methyl sites for hydroxylation is 1. The van der Waals surface area contributed by atoms with Crippen LogP contribution in [0, 0.1) is 16.7 Å². The van der Waals surface area contributed by atoms with Crippen molar-refractivity contribution in [2.24, 2.45) is 17.0 Å². The summed E-state index contributed by atoms with van der Waals surface area (Å²) in [5.74, 6) is 2.53. The Bertz CT molecular complexity index is 938. The molecule has 30 heavy (non-hydrogen) atoms. The molecule has 0 radical (unpaired) electrons. The van der Waals surface area contributed by atoms with Crippen molar-refractivity contribution in [1.29, 1.82) is 0 Å². The van der Waals surface area contributed by atoms with Gasteiger partial charge in [0.1, 0.15) is 23.1 Å². The van der Waals surface area contributed by atoms with Crippen molar-refractivity contribution < 1.29 is 8.60 Å². The van der Waals surface area contributed by atoms with Crippen LogP contribution >= 0.6 is 0 Å². The van der Waals surface area contributed by atoms with E-state index in [4.69, 9.17) is 9.97 Å². The SMILES string of the molecule is O=NCC1(Nc2nc(N3CCC(C4C=CC=C(F)C4)CC3)nc3c2S(=O)CC3)CC1. The number of piperidine rings is 1. The van der Waals surface area contributed by atoms with Gasteiger partial charge in [-0.15, -0.1) is 0 Å². The van der Waals surface area contributed by atoms with E-state index >= 15 is 0 Å². The second-order valence-corrected chi connectivity index (χ2v) is 10.3. The number of nitrogens with one attached hydrogen (secondary N) is 1. The average molecular weight is 432 g/mol. The van der Waals surface area contributed by atoms with Gasteiger partial charge in [0, 0.05) is 31.7 Å². The molecule has 2 aliphatic carbocycles. The minimum atomic E-state index is -1.11.